The number of hydrogen-bond donors (Lipinski definition) is 2. The maximum atomic E-state index is 12.8. The highest BCUT2D eigenvalue weighted by molar-refractivity contribution is 6.00. The first-order valence-corrected chi connectivity index (χ1v) is 6.25. The molecule has 6 heteroatoms. The summed E-state index contributed by atoms with van der Waals surface area (Å²) in [6.07, 6.45) is 0. The third-order valence-corrected chi connectivity index (χ3v) is 3.04. The Kier molecular flexibility index (Phi) is 3.27. The Balaban J connectivity index is 1.68. The quantitative estimate of drug-likeness (QED) is 0.833. The average Bonchev–Trinajstić information content (AvgIpc) is 2.82. The van der Waals surface area contributed by atoms with Gasteiger partial charge in [0.15, 0.2) is 0 Å². The van der Waals surface area contributed by atoms with Crippen molar-refractivity contribution in [2.75, 3.05) is 10.6 Å². The number of rotatable bonds is 2. The second-order valence-electron chi connectivity index (χ2n) is 4.53. The fourth-order valence-corrected chi connectivity index (χ4v) is 2.04. The molecule has 1 aliphatic heterocycles. The van der Waals surface area contributed by atoms with Gasteiger partial charge in [-0.05, 0) is 42.5 Å². The summed E-state index contributed by atoms with van der Waals surface area (Å²) in [5, 5.41) is 5.22. The van der Waals surface area contributed by atoms with E-state index in [-0.39, 0.29) is 18.4 Å². The molecule has 5 nitrogen and oxygen atoms in total. The molecule has 0 radical (unpaired) electrons. The Labute approximate surface area is 119 Å². The molecule has 2 aromatic carbocycles. The molecule has 1 heterocycles. The lowest BCUT2D eigenvalue weighted by atomic mass is 10.1. The van der Waals surface area contributed by atoms with Crippen molar-refractivity contribution in [1.29, 1.82) is 0 Å². The minimum atomic E-state index is -0.452. The number of benzene rings is 2. The van der Waals surface area contributed by atoms with Gasteiger partial charge in [0.1, 0.15) is 12.4 Å². The van der Waals surface area contributed by atoms with E-state index in [2.05, 4.69) is 10.6 Å². The Morgan fingerprint density at radius 3 is 2.48 bits per heavy atom. The predicted octanol–water partition coefficient (Wildman–Crippen LogP) is 3.14. The summed E-state index contributed by atoms with van der Waals surface area (Å²) in [4.78, 5) is 23.1. The maximum absolute atomic E-state index is 12.8. The molecule has 0 saturated heterocycles. The van der Waals surface area contributed by atoms with E-state index in [4.69, 9.17) is 4.74 Å². The van der Waals surface area contributed by atoms with Crippen molar-refractivity contribution in [3.63, 3.8) is 0 Å². The number of hydrogen-bond acceptors (Lipinski definition) is 3. The molecule has 0 fully saturated rings. The molecule has 0 unspecified atom stereocenters. The Morgan fingerprint density at radius 2 is 1.71 bits per heavy atom. The zero-order valence-corrected chi connectivity index (χ0v) is 10.9. The summed E-state index contributed by atoms with van der Waals surface area (Å²) < 4.78 is 17.6. The first-order valence-electron chi connectivity index (χ1n) is 6.25. The SMILES string of the molecule is O=C(Nc1ccc(F)cc1)Nc1ccc2c(c1)COC2=O. The molecule has 1 aliphatic rings. The van der Waals surface area contributed by atoms with Crippen LogP contribution in [0.3, 0.4) is 0 Å². The molecule has 2 aromatic rings. The number of fused-ring (bicyclic) bond motifs is 1. The molecule has 0 bridgehead atoms. The summed E-state index contributed by atoms with van der Waals surface area (Å²) >= 11 is 0. The number of carbonyl (C=O) groups is 2. The van der Waals surface area contributed by atoms with Crippen molar-refractivity contribution in [2.45, 2.75) is 6.61 Å². The molecular weight excluding hydrogens is 275 g/mol. The summed E-state index contributed by atoms with van der Waals surface area (Å²) in [5.74, 6) is -0.725. The molecule has 3 rings (SSSR count). The van der Waals surface area contributed by atoms with E-state index < -0.39 is 6.03 Å². The van der Waals surface area contributed by atoms with Crippen molar-refractivity contribution in [3.05, 3.63) is 59.4 Å². The van der Waals surface area contributed by atoms with Crippen LogP contribution in [0.4, 0.5) is 20.6 Å². The molecule has 2 N–H and O–H groups in total. The van der Waals surface area contributed by atoms with Crippen LogP contribution >= 0.6 is 0 Å². The number of carbonyl (C=O) groups excluding carboxylic acids is 2. The minimum Gasteiger partial charge on any atom is -0.457 e. The van der Waals surface area contributed by atoms with Crippen LogP contribution in [-0.2, 0) is 11.3 Å². The molecule has 21 heavy (non-hydrogen) atoms. The van der Waals surface area contributed by atoms with Crippen molar-refractivity contribution >= 4 is 23.4 Å². The van der Waals surface area contributed by atoms with E-state index >= 15 is 0 Å². The van der Waals surface area contributed by atoms with Gasteiger partial charge in [0.05, 0.1) is 5.56 Å². The topological polar surface area (TPSA) is 67.4 Å². The van der Waals surface area contributed by atoms with E-state index in [1.54, 1.807) is 18.2 Å². The normalized spacial score (nSPS) is 12.5. The Bertz CT molecular complexity index is 713. The third kappa shape index (κ3) is 2.84. The van der Waals surface area contributed by atoms with Crippen LogP contribution in [0, 0.1) is 5.82 Å². The van der Waals surface area contributed by atoms with E-state index in [1.807, 2.05) is 0 Å². The fourth-order valence-electron chi connectivity index (χ4n) is 2.04. The van der Waals surface area contributed by atoms with E-state index in [1.165, 1.54) is 24.3 Å². The van der Waals surface area contributed by atoms with E-state index in [0.717, 1.165) is 5.56 Å². The van der Waals surface area contributed by atoms with Crippen LogP contribution in [0.15, 0.2) is 42.5 Å². The number of esters is 1. The number of cyclic esters (lactones) is 1. The highest BCUT2D eigenvalue weighted by Crippen LogP contribution is 2.23. The second kappa shape index (κ2) is 5.24. The largest absolute Gasteiger partial charge is 0.457 e. The smallest absolute Gasteiger partial charge is 0.338 e. The highest BCUT2D eigenvalue weighted by Gasteiger charge is 2.21. The van der Waals surface area contributed by atoms with Gasteiger partial charge in [0.25, 0.3) is 0 Å². The van der Waals surface area contributed by atoms with Gasteiger partial charge >= 0.3 is 12.0 Å². The minimum absolute atomic E-state index is 0.212. The lowest BCUT2D eigenvalue weighted by molar-refractivity contribution is 0.0535. The summed E-state index contributed by atoms with van der Waals surface area (Å²) in [6.45, 7) is 0.212. The first kappa shape index (κ1) is 13.1. The van der Waals surface area contributed by atoms with Crippen LogP contribution in [0.25, 0.3) is 0 Å². The lowest BCUT2D eigenvalue weighted by Crippen LogP contribution is -2.19. The van der Waals surface area contributed by atoms with Crippen LogP contribution < -0.4 is 10.6 Å². The molecule has 0 spiro atoms. The summed E-state index contributed by atoms with van der Waals surface area (Å²) in [5.41, 5.74) is 2.28. The van der Waals surface area contributed by atoms with E-state index in [9.17, 15) is 14.0 Å². The Morgan fingerprint density at radius 1 is 1.05 bits per heavy atom. The summed E-state index contributed by atoms with van der Waals surface area (Å²) in [7, 11) is 0. The lowest BCUT2D eigenvalue weighted by Gasteiger charge is -2.08. The molecular formula is C15H11FN2O3. The fraction of sp³-hybridized carbons (Fsp3) is 0.0667. The van der Waals surface area contributed by atoms with Gasteiger partial charge in [0, 0.05) is 16.9 Å². The number of urea groups is 1. The molecule has 0 aromatic heterocycles. The van der Waals surface area contributed by atoms with Crippen molar-refractivity contribution < 1.29 is 18.7 Å². The van der Waals surface area contributed by atoms with Gasteiger partial charge in [-0.1, -0.05) is 0 Å². The third-order valence-electron chi connectivity index (χ3n) is 3.04. The van der Waals surface area contributed by atoms with Crippen LogP contribution in [0.5, 0.6) is 0 Å². The van der Waals surface area contributed by atoms with Gasteiger partial charge in [-0.15, -0.1) is 0 Å². The zero-order chi connectivity index (χ0) is 14.8. The average molecular weight is 286 g/mol. The van der Waals surface area contributed by atoms with Gasteiger partial charge in [0.2, 0.25) is 0 Å². The van der Waals surface area contributed by atoms with Gasteiger partial charge < -0.3 is 15.4 Å². The number of amides is 2. The number of halogens is 1. The van der Waals surface area contributed by atoms with E-state index in [0.29, 0.717) is 16.9 Å². The van der Waals surface area contributed by atoms with Crippen LogP contribution in [0.2, 0.25) is 0 Å². The second-order valence-corrected chi connectivity index (χ2v) is 4.53. The standard InChI is InChI=1S/C15H11FN2O3/c16-10-1-3-11(4-2-10)17-15(20)18-12-5-6-13-9(7-12)8-21-14(13)19/h1-7H,8H2,(H2,17,18,20). The molecule has 106 valence electrons. The van der Waals surface area contributed by atoms with Crippen molar-refractivity contribution in [3.8, 4) is 0 Å². The highest BCUT2D eigenvalue weighted by atomic mass is 19.1. The monoisotopic (exact) mass is 286 g/mol. The number of nitrogens with one attached hydrogen (secondary N) is 2. The number of ether oxygens (including phenoxy) is 1. The molecule has 0 aliphatic carbocycles. The molecule has 2 amide bonds. The molecule has 0 atom stereocenters. The summed E-state index contributed by atoms with van der Waals surface area (Å²) in [6, 6.07) is 9.90. The number of anilines is 2. The zero-order valence-electron chi connectivity index (χ0n) is 10.9. The van der Waals surface area contributed by atoms with Crippen LogP contribution in [-0.4, -0.2) is 12.0 Å². The predicted molar refractivity (Wildman–Crippen MR) is 74.6 cm³/mol. The van der Waals surface area contributed by atoms with Gasteiger partial charge in [-0.2, -0.15) is 0 Å². The van der Waals surface area contributed by atoms with Crippen LogP contribution in [0.1, 0.15) is 15.9 Å². The van der Waals surface area contributed by atoms with Crippen molar-refractivity contribution in [1.82, 2.24) is 0 Å². The Hall–Kier alpha value is -2.89. The molecule has 0 saturated carbocycles. The van der Waals surface area contributed by atoms with Gasteiger partial charge in [-0.25, -0.2) is 14.0 Å². The van der Waals surface area contributed by atoms with Crippen molar-refractivity contribution in [2.24, 2.45) is 0 Å². The maximum Gasteiger partial charge on any atom is 0.338 e. The first-order chi connectivity index (χ1) is 10.1. The van der Waals surface area contributed by atoms with Gasteiger partial charge in [-0.3, -0.25) is 0 Å².